The Morgan fingerprint density at radius 2 is 2.00 bits per heavy atom. The molecule has 4 rings (SSSR count). The van der Waals surface area contributed by atoms with E-state index in [0.717, 1.165) is 12.1 Å². The Morgan fingerprint density at radius 1 is 1.20 bits per heavy atom. The second-order valence-corrected chi connectivity index (χ2v) is 7.49. The molecule has 1 fully saturated rings. The zero-order chi connectivity index (χ0) is 17.7. The smallest absolute Gasteiger partial charge is 0.223 e. The van der Waals surface area contributed by atoms with Crippen LogP contribution in [0.15, 0.2) is 54.9 Å². The Kier molecular flexibility index (Phi) is 3.46. The quantitative estimate of drug-likeness (QED) is 0.857. The molecule has 25 heavy (non-hydrogen) atoms. The fraction of sp³-hybridized carbons (Fsp3) is 0.333. The normalized spacial score (nSPS) is 24.1. The number of amides is 1. The van der Waals surface area contributed by atoms with Crippen molar-refractivity contribution in [1.29, 1.82) is 0 Å². The molecule has 2 aliphatic rings. The number of hydrogen-bond acceptors (Lipinski definition) is 2. The number of fused-ring (bicyclic) bond motifs is 3. The van der Waals surface area contributed by atoms with Crippen molar-refractivity contribution < 1.29 is 9.36 Å². The van der Waals surface area contributed by atoms with E-state index < -0.39 is 5.66 Å². The second-order valence-electron chi connectivity index (χ2n) is 7.49. The number of benzene rings is 1. The average molecular weight is 334 g/mol. The van der Waals surface area contributed by atoms with Gasteiger partial charge in [-0.2, -0.15) is 0 Å². The van der Waals surface area contributed by atoms with Gasteiger partial charge in [0.25, 0.3) is 0 Å². The Bertz CT molecular complexity index is 871. The van der Waals surface area contributed by atoms with Crippen LogP contribution in [0.2, 0.25) is 0 Å². The topological polar surface area (TPSA) is 36.2 Å². The fourth-order valence-corrected chi connectivity index (χ4v) is 4.25. The molecular weight excluding hydrogens is 310 g/mol. The van der Waals surface area contributed by atoms with Crippen molar-refractivity contribution >= 4 is 17.7 Å². The molecule has 1 unspecified atom stereocenters. The van der Waals surface area contributed by atoms with Gasteiger partial charge in [-0.3, -0.25) is 4.79 Å². The molecule has 3 heterocycles. The summed E-state index contributed by atoms with van der Waals surface area (Å²) in [6, 6.07) is 12.6. The summed E-state index contributed by atoms with van der Waals surface area (Å²) in [7, 11) is 2.01. The lowest BCUT2D eigenvalue weighted by molar-refractivity contribution is -0.671. The van der Waals surface area contributed by atoms with Crippen molar-refractivity contribution in [1.82, 2.24) is 5.32 Å². The molecule has 0 aliphatic carbocycles. The maximum absolute atomic E-state index is 12.3. The zero-order valence-electron chi connectivity index (χ0n) is 15.0. The van der Waals surface area contributed by atoms with E-state index in [0.29, 0.717) is 6.42 Å². The van der Waals surface area contributed by atoms with Gasteiger partial charge in [-0.15, -0.1) is 0 Å². The number of carbonyl (C=O) groups excluding carboxylic acids is 1. The van der Waals surface area contributed by atoms with Crippen molar-refractivity contribution in [3.63, 3.8) is 0 Å². The molecule has 1 saturated heterocycles. The van der Waals surface area contributed by atoms with E-state index in [4.69, 9.17) is 0 Å². The Balaban J connectivity index is 1.85. The molecule has 2 aliphatic heterocycles. The van der Waals surface area contributed by atoms with Crippen LogP contribution in [0.5, 0.6) is 0 Å². The summed E-state index contributed by atoms with van der Waals surface area (Å²) >= 11 is 0. The lowest BCUT2D eigenvalue weighted by Crippen LogP contribution is -2.68. The summed E-state index contributed by atoms with van der Waals surface area (Å²) in [5, 5.41) is 3.31. The highest BCUT2D eigenvalue weighted by molar-refractivity contribution is 5.84. The zero-order valence-corrected chi connectivity index (χ0v) is 15.0. The highest BCUT2D eigenvalue weighted by Crippen LogP contribution is 2.52. The van der Waals surface area contributed by atoms with Gasteiger partial charge in [0.1, 0.15) is 12.7 Å². The predicted octanol–water partition coefficient (Wildman–Crippen LogP) is 2.54. The molecular formula is C21H24N3O+. The highest BCUT2D eigenvalue weighted by Gasteiger charge is 2.57. The number of aryl methyl sites for hydroxylation is 1. The molecule has 0 radical (unpaired) electrons. The van der Waals surface area contributed by atoms with Gasteiger partial charge in [0.05, 0.1) is 0 Å². The summed E-state index contributed by atoms with van der Waals surface area (Å²) in [4.78, 5) is 14.7. The molecule has 1 atom stereocenters. The molecule has 0 spiro atoms. The fourth-order valence-electron chi connectivity index (χ4n) is 4.25. The molecule has 0 saturated carbocycles. The minimum absolute atomic E-state index is 0.111. The molecule has 4 heteroatoms. The first kappa shape index (κ1) is 15.9. The number of hydrogen-bond donors (Lipinski definition) is 1. The van der Waals surface area contributed by atoms with Crippen molar-refractivity contribution in [3.05, 3.63) is 66.0 Å². The lowest BCUT2D eigenvalue weighted by Gasteiger charge is -2.49. The number of anilines is 1. The van der Waals surface area contributed by atoms with Crippen LogP contribution in [0.4, 0.5) is 5.69 Å². The maximum Gasteiger partial charge on any atom is 0.223 e. The number of nitrogens with zero attached hydrogens (tertiary/aromatic N) is 2. The van der Waals surface area contributed by atoms with E-state index in [1.165, 1.54) is 11.3 Å². The molecule has 128 valence electrons. The molecule has 0 bridgehead atoms. The third kappa shape index (κ3) is 2.28. The molecule has 1 aromatic heterocycles. The van der Waals surface area contributed by atoms with Gasteiger partial charge >= 0.3 is 0 Å². The molecule has 1 amide bonds. The Hall–Kier alpha value is -2.62. The van der Waals surface area contributed by atoms with Crippen LogP contribution in [0.25, 0.3) is 6.08 Å². The first-order valence-corrected chi connectivity index (χ1v) is 8.77. The molecule has 1 N–H and O–H groups in total. The average Bonchev–Trinajstić information content (AvgIpc) is 2.78. The summed E-state index contributed by atoms with van der Waals surface area (Å²) < 4.78 is 2.03. The van der Waals surface area contributed by atoms with Gasteiger partial charge in [0.2, 0.25) is 5.91 Å². The number of pyridine rings is 1. The second kappa shape index (κ2) is 5.45. The molecule has 1 aromatic carbocycles. The van der Waals surface area contributed by atoms with Crippen LogP contribution in [0.1, 0.15) is 31.4 Å². The van der Waals surface area contributed by atoms with Crippen LogP contribution in [0, 0.1) is 0 Å². The van der Waals surface area contributed by atoms with Gasteiger partial charge in [-0.05, 0) is 29.8 Å². The van der Waals surface area contributed by atoms with Crippen LogP contribution in [-0.4, -0.2) is 18.1 Å². The van der Waals surface area contributed by atoms with E-state index >= 15 is 0 Å². The lowest BCUT2D eigenvalue weighted by atomic mass is 9.74. The molecule has 4 nitrogen and oxygen atoms in total. The van der Waals surface area contributed by atoms with Crippen LogP contribution >= 0.6 is 0 Å². The van der Waals surface area contributed by atoms with Crippen LogP contribution in [0.3, 0.4) is 0 Å². The van der Waals surface area contributed by atoms with Crippen molar-refractivity contribution in [2.45, 2.75) is 31.3 Å². The maximum atomic E-state index is 12.3. The predicted molar refractivity (Wildman–Crippen MR) is 99.0 cm³/mol. The first-order chi connectivity index (χ1) is 11.9. The number of rotatable bonds is 2. The van der Waals surface area contributed by atoms with Gasteiger partial charge < -0.3 is 10.2 Å². The van der Waals surface area contributed by atoms with E-state index in [1.54, 1.807) is 0 Å². The highest BCUT2D eigenvalue weighted by atomic mass is 16.2. The summed E-state index contributed by atoms with van der Waals surface area (Å²) in [5.74, 6) is 0.111. The van der Waals surface area contributed by atoms with Crippen molar-refractivity contribution in [2.24, 2.45) is 7.05 Å². The first-order valence-electron chi connectivity index (χ1n) is 8.77. The van der Waals surface area contributed by atoms with Crippen LogP contribution in [-0.2, 0) is 17.3 Å². The standard InChI is InChI=1S/C21H23N3O/c1-20(2)17-8-4-5-9-18(17)24-14-11-19(25)22-21(20,24)12-10-16-7-6-13-23(3)15-16/h4-10,12-13,15H,11,14H2,1-3H3/p+1/b12-10+. The van der Waals surface area contributed by atoms with Gasteiger partial charge in [-0.1, -0.05) is 32.0 Å². The van der Waals surface area contributed by atoms with Gasteiger partial charge in [-0.25, -0.2) is 4.57 Å². The number of nitrogens with one attached hydrogen (secondary N) is 1. The van der Waals surface area contributed by atoms with Crippen LogP contribution < -0.4 is 14.8 Å². The van der Waals surface area contributed by atoms with Crippen molar-refractivity contribution in [2.75, 3.05) is 11.4 Å². The minimum Gasteiger partial charge on any atom is -0.344 e. The third-order valence-corrected chi connectivity index (χ3v) is 5.62. The van der Waals surface area contributed by atoms with Gasteiger partial charge in [0.15, 0.2) is 12.4 Å². The minimum atomic E-state index is -0.541. The van der Waals surface area contributed by atoms with Gasteiger partial charge in [0, 0.05) is 35.7 Å². The van der Waals surface area contributed by atoms with E-state index in [-0.39, 0.29) is 11.3 Å². The largest absolute Gasteiger partial charge is 0.344 e. The monoisotopic (exact) mass is 334 g/mol. The van der Waals surface area contributed by atoms with E-state index in [2.05, 4.69) is 72.7 Å². The van der Waals surface area contributed by atoms with Crippen molar-refractivity contribution in [3.8, 4) is 0 Å². The number of para-hydroxylation sites is 1. The summed E-state index contributed by atoms with van der Waals surface area (Å²) in [6.45, 7) is 5.17. The third-order valence-electron chi connectivity index (χ3n) is 5.62. The summed E-state index contributed by atoms with van der Waals surface area (Å²) in [5.41, 5.74) is 2.84. The Labute approximate surface area is 148 Å². The van der Waals surface area contributed by atoms with E-state index in [9.17, 15) is 4.79 Å². The number of carbonyl (C=O) groups is 1. The van der Waals surface area contributed by atoms with E-state index in [1.807, 2.05) is 23.9 Å². The number of aromatic nitrogens is 1. The SMILES string of the molecule is C[n+]1cccc(/C=C/C23NC(=O)CCN2c2ccccc2C3(C)C)c1. The summed E-state index contributed by atoms with van der Waals surface area (Å²) in [6.07, 6.45) is 8.91. The Morgan fingerprint density at radius 3 is 2.80 bits per heavy atom. The molecule has 2 aromatic rings.